The smallest absolute Gasteiger partial charge is 0.214 e. The first-order valence-electron chi connectivity index (χ1n) is 8.94. The standard InChI is InChI=1S/C17H24N8S/c1-12-10-25-16(20-12)26-17(22-25)24-8-3-4-13(6-9-24)23(2)11-15-19-7-5-14(18)21-15/h5,7,10,13H,3-4,6,8-9,11H2,1-2H3,(H2,18,19,21)/t13-/m0/s1. The van der Waals surface area contributed by atoms with Crippen LogP contribution in [0.3, 0.4) is 0 Å². The summed E-state index contributed by atoms with van der Waals surface area (Å²) >= 11 is 1.67. The maximum Gasteiger partial charge on any atom is 0.214 e. The van der Waals surface area contributed by atoms with Crippen LogP contribution >= 0.6 is 11.3 Å². The highest BCUT2D eigenvalue weighted by atomic mass is 32.1. The minimum absolute atomic E-state index is 0.510. The van der Waals surface area contributed by atoms with Crippen molar-refractivity contribution in [1.29, 1.82) is 0 Å². The van der Waals surface area contributed by atoms with Gasteiger partial charge in [0.15, 0.2) is 0 Å². The van der Waals surface area contributed by atoms with Crippen LogP contribution in [0.2, 0.25) is 0 Å². The molecule has 3 aromatic rings. The highest BCUT2D eigenvalue weighted by molar-refractivity contribution is 7.20. The van der Waals surface area contributed by atoms with Crippen LogP contribution in [-0.4, -0.2) is 55.6 Å². The number of anilines is 2. The van der Waals surface area contributed by atoms with Gasteiger partial charge in [-0.05, 0) is 39.3 Å². The summed E-state index contributed by atoms with van der Waals surface area (Å²) in [6, 6.07) is 2.23. The first-order valence-corrected chi connectivity index (χ1v) is 9.75. The van der Waals surface area contributed by atoms with Crippen molar-refractivity contribution >= 4 is 27.2 Å². The van der Waals surface area contributed by atoms with Crippen molar-refractivity contribution in [2.75, 3.05) is 30.8 Å². The molecular weight excluding hydrogens is 348 g/mol. The molecule has 8 nitrogen and oxygen atoms in total. The van der Waals surface area contributed by atoms with Gasteiger partial charge in [0.25, 0.3) is 0 Å². The van der Waals surface area contributed by atoms with Crippen LogP contribution in [0, 0.1) is 6.92 Å². The van der Waals surface area contributed by atoms with E-state index in [1.807, 2.05) is 17.6 Å². The molecule has 0 unspecified atom stereocenters. The van der Waals surface area contributed by atoms with Crippen LogP contribution in [0.1, 0.15) is 30.8 Å². The Kier molecular flexibility index (Phi) is 4.73. The van der Waals surface area contributed by atoms with Gasteiger partial charge in [0.2, 0.25) is 10.1 Å². The average Bonchev–Trinajstić information content (AvgIpc) is 3.02. The molecule has 4 rings (SSSR count). The van der Waals surface area contributed by atoms with E-state index < -0.39 is 0 Å². The van der Waals surface area contributed by atoms with E-state index in [1.54, 1.807) is 23.6 Å². The minimum Gasteiger partial charge on any atom is -0.384 e. The lowest BCUT2D eigenvalue weighted by atomic mass is 10.1. The first kappa shape index (κ1) is 17.2. The molecule has 0 saturated carbocycles. The molecule has 0 radical (unpaired) electrons. The van der Waals surface area contributed by atoms with E-state index in [0.717, 1.165) is 60.5 Å². The van der Waals surface area contributed by atoms with Crippen molar-refractivity contribution in [2.24, 2.45) is 0 Å². The molecule has 1 atom stereocenters. The van der Waals surface area contributed by atoms with Crippen LogP contribution in [-0.2, 0) is 6.54 Å². The molecule has 2 N–H and O–H groups in total. The molecule has 26 heavy (non-hydrogen) atoms. The van der Waals surface area contributed by atoms with Gasteiger partial charge in [0, 0.05) is 25.3 Å². The zero-order chi connectivity index (χ0) is 18.1. The number of nitrogens with zero attached hydrogens (tertiary/aromatic N) is 7. The number of rotatable bonds is 4. The molecule has 4 heterocycles. The Morgan fingerprint density at radius 2 is 2.19 bits per heavy atom. The van der Waals surface area contributed by atoms with Gasteiger partial charge >= 0.3 is 0 Å². The third-order valence-corrected chi connectivity index (χ3v) is 5.85. The normalized spacial score (nSPS) is 18.6. The van der Waals surface area contributed by atoms with Crippen LogP contribution in [0.5, 0.6) is 0 Å². The molecule has 9 heteroatoms. The number of hydrogen-bond donors (Lipinski definition) is 1. The van der Waals surface area contributed by atoms with Crippen LogP contribution in [0.25, 0.3) is 4.96 Å². The molecule has 1 aliphatic heterocycles. The van der Waals surface area contributed by atoms with Gasteiger partial charge in [-0.2, -0.15) is 0 Å². The summed E-state index contributed by atoms with van der Waals surface area (Å²) < 4.78 is 1.89. The zero-order valence-corrected chi connectivity index (χ0v) is 16.0. The van der Waals surface area contributed by atoms with E-state index in [0.29, 0.717) is 11.9 Å². The molecule has 0 aromatic carbocycles. The Labute approximate surface area is 156 Å². The molecular formula is C17H24N8S. The fraction of sp³-hybridized carbons (Fsp3) is 0.529. The van der Waals surface area contributed by atoms with Crippen molar-refractivity contribution in [3.8, 4) is 0 Å². The molecule has 138 valence electrons. The maximum absolute atomic E-state index is 5.76. The summed E-state index contributed by atoms with van der Waals surface area (Å²) in [5.41, 5.74) is 6.77. The number of hydrogen-bond acceptors (Lipinski definition) is 8. The van der Waals surface area contributed by atoms with Crippen molar-refractivity contribution in [1.82, 2.24) is 29.5 Å². The SMILES string of the molecule is Cc1cn2nc(N3CCC[C@H](N(C)Cc4nccc(N)n4)CC3)sc2n1. The van der Waals surface area contributed by atoms with Gasteiger partial charge in [-0.25, -0.2) is 19.5 Å². The minimum atomic E-state index is 0.510. The summed E-state index contributed by atoms with van der Waals surface area (Å²) in [6.45, 7) is 4.76. The first-order chi connectivity index (χ1) is 12.6. The van der Waals surface area contributed by atoms with Gasteiger partial charge in [-0.3, -0.25) is 4.90 Å². The van der Waals surface area contributed by atoms with E-state index in [2.05, 4.69) is 31.8 Å². The van der Waals surface area contributed by atoms with E-state index in [9.17, 15) is 0 Å². The van der Waals surface area contributed by atoms with E-state index >= 15 is 0 Å². The summed E-state index contributed by atoms with van der Waals surface area (Å²) in [5.74, 6) is 1.31. The molecule has 1 aliphatic rings. The quantitative estimate of drug-likeness (QED) is 0.749. The number of aromatic nitrogens is 5. The van der Waals surface area contributed by atoms with Gasteiger partial charge in [-0.15, -0.1) is 5.10 Å². The van der Waals surface area contributed by atoms with Crippen LogP contribution in [0.4, 0.5) is 10.9 Å². The third-order valence-electron chi connectivity index (χ3n) is 4.86. The molecule has 0 amide bonds. The second-order valence-electron chi connectivity index (χ2n) is 6.88. The summed E-state index contributed by atoms with van der Waals surface area (Å²) in [5, 5.41) is 5.76. The zero-order valence-electron chi connectivity index (χ0n) is 15.2. The monoisotopic (exact) mass is 372 g/mol. The van der Waals surface area contributed by atoms with E-state index in [1.165, 1.54) is 0 Å². The molecule has 0 spiro atoms. The molecule has 3 aromatic heterocycles. The highest BCUT2D eigenvalue weighted by Gasteiger charge is 2.23. The fourth-order valence-corrected chi connectivity index (χ4v) is 4.46. The predicted octanol–water partition coefficient (Wildman–Crippen LogP) is 1.96. The molecule has 0 aliphatic carbocycles. The Morgan fingerprint density at radius 3 is 3.00 bits per heavy atom. The highest BCUT2D eigenvalue weighted by Crippen LogP contribution is 2.26. The largest absolute Gasteiger partial charge is 0.384 e. The molecule has 1 fully saturated rings. The maximum atomic E-state index is 5.76. The number of nitrogen functional groups attached to an aromatic ring is 1. The molecule has 0 bridgehead atoms. The summed E-state index contributed by atoms with van der Waals surface area (Å²) in [7, 11) is 2.15. The average molecular weight is 373 g/mol. The van der Waals surface area contributed by atoms with E-state index in [4.69, 9.17) is 10.8 Å². The second kappa shape index (κ2) is 7.16. The Hall–Kier alpha value is -2.26. The van der Waals surface area contributed by atoms with Gasteiger partial charge < -0.3 is 10.6 Å². The topological polar surface area (TPSA) is 88.5 Å². The van der Waals surface area contributed by atoms with Gasteiger partial charge in [0.1, 0.15) is 11.6 Å². The lowest BCUT2D eigenvalue weighted by Gasteiger charge is -2.26. The predicted molar refractivity (Wildman–Crippen MR) is 103 cm³/mol. The lowest BCUT2D eigenvalue weighted by Crippen LogP contribution is -2.33. The van der Waals surface area contributed by atoms with Gasteiger partial charge in [0.05, 0.1) is 18.4 Å². The van der Waals surface area contributed by atoms with Crippen molar-refractivity contribution in [3.63, 3.8) is 0 Å². The molecule has 1 saturated heterocycles. The van der Waals surface area contributed by atoms with Crippen molar-refractivity contribution in [2.45, 2.75) is 38.8 Å². The van der Waals surface area contributed by atoms with Crippen LogP contribution < -0.4 is 10.6 Å². The fourth-order valence-electron chi connectivity index (χ4n) is 3.48. The summed E-state index contributed by atoms with van der Waals surface area (Å²) in [6.07, 6.45) is 7.11. The number of aryl methyl sites for hydroxylation is 1. The van der Waals surface area contributed by atoms with Crippen molar-refractivity contribution < 1.29 is 0 Å². The van der Waals surface area contributed by atoms with Crippen LogP contribution in [0.15, 0.2) is 18.5 Å². The Morgan fingerprint density at radius 1 is 1.31 bits per heavy atom. The third kappa shape index (κ3) is 3.63. The second-order valence-corrected chi connectivity index (χ2v) is 7.81. The lowest BCUT2D eigenvalue weighted by molar-refractivity contribution is 0.212. The number of nitrogens with two attached hydrogens (primary N) is 1. The van der Waals surface area contributed by atoms with Crippen molar-refractivity contribution in [3.05, 3.63) is 30.0 Å². The number of imidazole rings is 1. The number of fused-ring (bicyclic) bond motifs is 1. The Bertz CT molecular complexity index is 856. The summed E-state index contributed by atoms with van der Waals surface area (Å²) in [4.78, 5) is 18.8. The van der Waals surface area contributed by atoms with E-state index in [-0.39, 0.29) is 0 Å². The Balaban J connectivity index is 1.40. The van der Waals surface area contributed by atoms with Gasteiger partial charge in [-0.1, -0.05) is 11.3 Å².